The lowest BCUT2D eigenvalue weighted by molar-refractivity contribution is -0.144. The molecule has 1 atom stereocenters. The summed E-state index contributed by atoms with van der Waals surface area (Å²) in [4.78, 5) is 50.6. The molecule has 0 bridgehead atoms. The van der Waals surface area contributed by atoms with E-state index in [4.69, 9.17) is 0 Å². The molecule has 8 heteroatoms. The number of carboxylic acids is 1. The fourth-order valence-electron chi connectivity index (χ4n) is 8.29. The van der Waals surface area contributed by atoms with Crippen LogP contribution in [0.3, 0.4) is 0 Å². The summed E-state index contributed by atoms with van der Waals surface area (Å²) in [6, 6.07) is 15.6. The van der Waals surface area contributed by atoms with Crippen molar-refractivity contribution >= 4 is 23.3 Å². The van der Waals surface area contributed by atoms with E-state index in [2.05, 4.69) is 39.2 Å². The van der Waals surface area contributed by atoms with Crippen molar-refractivity contribution in [3.63, 3.8) is 0 Å². The lowest BCUT2D eigenvalue weighted by atomic mass is 9.90. The zero-order chi connectivity index (χ0) is 36.6. The summed E-state index contributed by atoms with van der Waals surface area (Å²) in [6.45, 7) is 5.40. The number of Topliss-reactive ketones (excluding diaryl/α,β-unsaturated/α-hetero) is 1. The highest BCUT2D eigenvalue weighted by Gasteiger charge is 2.33. The van der Waals surface area contributed by atoms with Gasteiger partial charge in [-0.3, -0.25) is 29.3 Å². The van der Waals surface area contributed by atoms with Crippen molar-refractivity contribution in [1.29, 1.82) is 0 Å². The predicted octanol–water partition coefficient (Wildman–Crippen LogP) is 8.97. The molecule has 274 valence electrons. The lowest BCUT2D eigenvalue weighted by Crippen LogP contribution is -2.44. The Morgan fingerprint density at radius 3 is 2.15 bits per heavy atom. The standard InChI is InChI=1S/C45H50N4O4/c1-27-32(21-43(50)40-22-38(31-18-19-31)34(25-46-40)26-49-20-4-3-11-42(49)45(52)53)7-5-8-35(27)36-9-6-10-39(28(36)2)48-44(51)41-23-37(30-16-17-30)33(24-47-41)15-14-29-12-13-29/h5-10,22-25,29-31,42H,3-4,11-21,26H2,1-2H3,(H,48,51)(H,52,53)/t42-/m0/s1. The molecular weight excluding hydrogens is 661 g/mol. The number of carbonyl (C=O) groups excluding carboxylic acids is 2. The summed E-state index contributed by atoms with van der Waals surface area (Å²) >= 11 is 0. The van der Waals surface area contributed by atoms with Crippen LogP contribution in [-0.2, 0) is 24.2 Å². The van der Waals surface area contributed by atoms with Crippen LogP contribution in [0.5, 0.6) is 0 Å². The summed E-state index contributed by atoms with van der Waals surface area (Å²) in [5.41, 5.74) is 11.4. The van der Waals surface area contributed by atoms with E-state index >= 15 is 0 Å². The number of pyridine rings is 2. The summed E-state index contributed by atoms with van der Waals surface area (Å²) in [6.07, 6.45) is 16.1. The van der Waals surface area contributed by atoms with Gasteiger partial charge in [0.2, 0.25) is 0 Å². The maximum Gasteiger partial charge on any atom is 0.320 e. The van der Waals surface area contributed by atoms with Crippen molar-refractivity contribution in [1.82, 2.24) is 14.9 Å². The molecule has 1 saturated heterocycles. The van der Waals surface area contributed by atoms with E-state index in [-0.39, 0.29) is 18.1 Å². The molecule has 8 rings (SSSR count). The maximum atomic E-state index is 13.8. The third-order valence-electron chi connectivity index (χ3n) is 12.1. The Labute approximate surface area is 312 Å². The van der Waals surface area contributed by atoms with Crippen molar-refractivity contribution in [3.05, 3.63) is 111 Å². The van der Waals surface area contributed by atoms with E-state index < -0.39 is 12.0 Å². The molecule has 3 heterocycles. The fourth-order valence-corrected chi connectivity index (χ4v) is 8.29. The molecule has 0 unspecified atom stereocenters. The van der Waals surface area contributed by atoms with Gasteiger partial charge in [0.05, 0.1) is 0 Å². The number of amides is 1. The van der Waals surface area contributed by atoms with Crippen LogP contribution in [0.25, 0.3) is 11.1 Å². The number of aliphatic carboxylic acids is 1. The number of hydrogen-bond acceptors (Lipinski definition) is 6. The molecule has 1 aliphatic heterocycles. The second-order valence-corrected chi connectivity index (χ2v) is 16.0. The molecule has 0 spiro atoms. The molecule has 4 aromatic rings. The molecule has 53 heavy (non-hydrogen) atoms. The summed E-state index contributed by atoms with van der Waals surface area (Å²) < 4.78 is 0. The number of nitrogens with zero attached hydrogens (tertiary/aromatic N) is 3. The van der Waals surface area contributed by atoms with Crippen LogP contribution in [0.4, 0.5) is 5.69 Å². The number of carboxylic acid groups (broad SMARTS) is 1. The Morgan fingerprint density at radius 2 is 1.43 bits per heavy atom. The molecule has 4 fully saturated rings. The number of ketones is 1. The van der Waals surface area contributed by atoms with Crippen LogP contribution < -0.4 is 5.32 Å². The molecule has 8 nitrogen and oxygen atoms in total. The summed E-state index contributed by atoms with van der Waals surface area (Å²) in [5, 5.41) is 12.9. The Hall–Kier alpha value is -4.69. The number of likely N-dealkylation sites (tertiary alicyclic amines) is 1. The van der Waals surface area contributed by atoms with Crippen LogP contribution >= 0.6 is 0 Å². The largest absolute Gasteiger partial charge is 0.480 e. The maximum absolute atomic E-state index is 13.8. The van der Waals surface area contributed by atoms with Gasteiger partial charge in [-0.1, -0.05) is 49.6 Å². The van der Waals surface area contributed by atoms with Gasteiger partial charge in [-0.2, -0.15) is 0 Å². The van der Waals surface area contributed by atoms with E-state index in [1.54, 1.807) is 0 Å². The molecular formula is C45H50N4O4. The van der Waals surface area contributed by atoms with Crippen molar-refractivity contribution in [2.24, 2.45) is 5.92 Å². The Kier molecular flexibility index (Phi) is 9.99. The third-order valence-corrected chi connectivity index (χ3v) is 12.1. The first-order chi connectivity index (χ1) is 25.7. The van der Waals surface area contributed by atoms with Crippen molar-refractivity contribution < 1.29 is 19.5 Å². The van der Waals surface area contributed by atoms with E-state index in [0.717, 1.165) is 89.2 Å². The van der Waals surface area contributed by atoms with Crippen molar-refractivity contribution in [3.8, 4) is 11.1 Å². The second kappa shape index (κ2) is 15.0. The van der Waals surface area contributed by atoms with Crippen LogP contribution in [-0.4, -0.2) is 50.2 Å². The number of anilines is 1. The number of piperidine rings is 1. The Bertz CT molecular complexity index is 2060. The molecule has 2 N–H and O–H groups in total. The number of benzene rings is 2. The lowest BCUT2D eigenvalue weighted by Gasteiger charge is -2.33. The second-order valence-electron chi connectivity index (χ2n) is 16.0. The number of nitrogens with one attached hydrogen (secondary N) is 1. The monoisotopic (exact) mass is 710 g/mol. The van der Waals surface area contributed by atoms with Gasteiger partial charge < -0.3 is 10.4 Å². The van der Waals surface area contributed by atoms with Gasteiger partial charge in [0.1, 0.15) is 17.4 Å². The van der Waals surface area contributed by atoms with Gasteiger partial charge >= 0.3 is 5.97 Å². The fraction of sp³-hybridized carbons (Fsp3) is 0.444. The first-order valence-corrected chi connectivity index (χ1v) is 19.7. The van der Waals surface area contributed by atoms with Gasteiger partial charge in [-0.25, -0.2) is 0 Å². The van der Waals surface area contributed by atoms with Gasteiger partial charge in [0, 0.05) is 31.0 Å². The predicted molar refractivity (Wildman–Crippen MR) is 206 cm³/mol. The van der Waals surface area contributed by atoms with Crippen molar-refractivity contribution in [2.75, 3.05) is 11.9 Å². The highest BCUT2D eigenvalue weighted by atomic mass is 16.4. The first-order valence-electron chi connectivity index (χ1n) is 19.7. The van der Waals surface area contributed by atoms with Crippen molar-refractivity contribution in [2.45, 2.75) is 115 Å². The minimum Gasteiger partial charge on any atom is -0.480 e. The van der Waals surface area contributed by atoms with Crippen LogP contribution in [0.2, 0.25) is 0 Å². The van der Waals surface area contributed by atoms with Gasteiger partial charge in [-0.05, 0) is 158 Å². The molecule has 2 aromatic carbocycles. The number of aromatic nitrogens is 2. The molecule has 4 aliphatic rings. The minimum absolute atomic E-state index is 0.0329. The van der Waals surface area contributed by atoms with Crippen LogP contribution in [0.1, 0.15) is 136 Å². The van der Waals surface area contributed by atoms with E-state index in [0.29, 0.717) is 36.2 Å². The number of carbonyl (C=O) groups is 3. The van der Waals surface area contributed by atoms with Crippen LogP contribution in [0.15, 0.2) is 60.9 Å². The zero-order valence-corrected chi connectivity index (χ0v) is 31.0. The summed E-state index contributed by atoms with van der Waals surface area (Å²) in [7, 11) is 0. The van der Waals surface area contributed by atoms with Gasteiger partial charge in [-0.15, -0.1) is 0 Å². The van der Waals surface area contributed by atoms with E-state index in [1.165, 1.54) is 43.2 Å². The highest BCUT2D eigenvalue weighted by molar-refractivity contribution is 6.04. The number of aryl methyl sites for hydroxylation is 1. The average Bonchev–Trinajstić information content (AvgIpc) is 4.00. The minimum atomic E-state index is -0.763. The number of hydrogen-bond donors (Lipinski definition) is 2. The normalized spacial score (nSPS) is 18.9. The van der Waals surface area contributed by atoms with Gasteiger partial charge in [0.15, 0.2) is 5.78 Å². The average molecular weight is 711 g/mol. The van der Waals surface area contributed by atoms with Gasteiger partial charge in [0.25, 0.3) is 5.91 Å². The number of rotatable bonds is 14. The van der Waals surface area contributed by atoms with Crippen LogP contribution in [0, 0.1) is 19.8 Å². The molecule has 3 aliphatic carbocycles. The molecule has 1 amide bonds. The SMILES string of the molecule is Cc1c(CC(=O)c2cc(C3CC3)c(CN3CCCC[C@H]3C(=O)O)cn2)cccc1-c1cccc(NC(=O)c2cc(C3CC3)c(CCC3CC3)cn2)c1C. The zero-order valence-electron chi connectivity index (χ0n) is 31.0. The topological polar surface area (TPSA) is 112 Å². The summed E-state index contributed by atoms with van der Waals surface area (Å²) in [5.74, 6) is 0.834. The molecule has 0 radical (unpaired) electrons. The molecule has 3 saturated carbocycles. The quantitative estimate of drug-likeness (QED) is 0.126. The van der Waals surface area contributed by atoms with E-state index in [1.807, 2.05) is 55.7 Å². The first kappa shape index (κ1) is 35.3. The van der Waals surface area contributed by atoms with E-state index in [9.17, 15) is 19.5 Å². The Balaban J connectivity index is 0.981. The molecule has 2 aromatic heterocycles. The Morgan fingerprint density at radius 1 is 0.774 bits per heavy atom. The highest BCUT2D eigenvalue weighted by Crippen LogP contribution is 2.44. The smallest absolute Gasteiger partial charge is 0.320 e. The third kappa shape index (κ3) is 7.98.